The van der Waals surface area contributed by atoms with Gasteiger partial charge in [-0.2, -0.15) is 0 Å². The minimum Gasteiger partial charge on any atom is -0.398 e. The Morgan fingerprint density at radius 1 is 1.05 bits per heavy atom. The second-order valence-electron chi connectivity index (χ2n) is 4.03. The molecule has 9 heteroatoms. The van der Waals surface area contributed by atoms with Crippen LogP contribution < -0.4 is 10.5 Å². The predicted octanol–water partition coefficient (Wildman–Crippen LogP) is 3.87. The summed E-state index contributed by atoms with van der Waals surface area (Å²) < 4.78 is 53.5. The lowest BCUT2D eigenvalue weighted by Crippen LogP contribution is -2.14. The van der Waals surface area contributed by atoms with Crippen LogP contribution in [-0.2, 0) is 10.0 Å². The van der Waals surface area contributed by atoms with Crippen LogP contribution in [0.5, 0.6) is 0 Å². The van der Waals surface area contributed by atoms with Gasteiger partial charge < -0.3 is 5.73 Å². The predicted molar refractivity (Wildman–Crippen MR) is 83.4 cm³/mol. The maximum absolute atomic E-state index is 13.7. The average Bonchev–Trinajstić information content (AvgIpc) is 2.37. The molecule has 0 amide bonds. The zero-order chi connectivity index (χ0) is 15.8. The molecule has 0 bridgehead atoms. The molecule has 2 rings (SSSR count). The molecule has 0 atom stereocenters. The van der Waals surface area contributed by atoms with E-state index in [-0.39, 0.29) is 15.1 Å². The molecule has 3 N–H and O–H groups in total. The fourth-order valence-electron chi connectivity index (χ4n) is 1.51. The van der Waals surface area contributed by atoms with Crippen LogP contribution in [0.3, 0.4) is 0 Å². The fourth-order valence-corrected chi connectivity index (χ4v) is 3.79. The van der Waals surface area contributed by atoms with Crippen LogP contribution >= 0.6 is 31.9 Å². The molecular weight excluding hydrogens is 434 g/mol. The Morgan fingerprint density at radius 2 is 1.71 bits per heavy atom. The van der Waals surface area contributed by atoms with E-state index >= 15 is 0 Å². The zero-order valence-corrected chi connectivity index (χ0v) is 14.2. The molecule has 0 aliphatic rings. The van der Waals surface area contributed by atoms with E-state index in [0.717, 1.165) is 6.07 Å². The molecule has 0 aromatic heterocycles. The average molecular weight is 442 g/mol. The summed E-state index contributed by atoms with van der Waals surface area (Å²) in [6.07, 6.45) is 0. The van der Waals surface area contributed by atoms with Crippen molar-refractivity contribution in [3.63, 3.8) is 0 Å². The molecule has 0 saturated carbocycles. The highest BCUT2D eigenvalue weighted by Crippen LogP contribution is 2.30. The van der Waals surface area contributed by atoms with E-state index in [2.05, 4.69) is 36.6 Å². The molecule has 4 nitrogen and oxygen atoms in total. The van der Waals surface area contributed by atoms with Crippen LogP contribution in [0.4, 0.5) is 20.2 Å². The summed E-state index contributed by atoms with van der Waals surface area (Å²) in [7, 11) is -4.04. The maximum Gasteiger partial charge on any atom is 0.262 e. The van der Waals surface area contributed by atoms with Crippen molar-refractivity contribution in [2.45, 2.75) is 4.90 Å². The summed E-state index contributed by atoms with van der Waals surface area (Å²) in [6.45, 7) is 0. The molecule has 112 valence electrons. The Morgan fingerprint density at radius 3 is 2.29 bits per heavy atom. The minimum absolute atomic E-state index is 0.0434. The van der Waals surface area contributed by atoms with Gasteiger partial charge in [0.25, 0.3) is 10.0 Å². The first-order valence-corrected chi connectivity index (χ1v) is 8.50. The lowest BCUT2D eigenvalue weighted by molar-refractivity contribution is 0.581. The highest BCUT2D eigenvalue weighted by molar-refractivity contribution is 9.11. The van der Waals surface area contributed by atoms with Gasteiger partial charge in [0.1, 0.15) is 5.82 Å². The Balaban J connectivity index is 2.44. The molecule has 0 fully saturated rings. The van der Waals surface area contributed by atoms with Crippen molar-refractivity contribution in [3.8, 4) is 0 Å². The highest BCUT2D eigenvalue weighted by Gasteiger charge is 2.19. The largest absolute Gasteiger partial charge is 0.398 e. The molecular formula is C12H8Br2F2N2O2S. The smallest absolute Gasteiger partial charge is 0.262 e. The Kier molecular flexibility index (Phi) is 4.54. The van der Waals surface area contributed by atoms with E-state index in [1.54, 1.807) is 0 Å². The first-order valence-electron chi connectivity index (χ1n) is 5.43. The van der Waals surface area contributed by atoms with Crippen molar-refractivity contribution in [2.75, 3.05) is 10.5 Å². The summed E-state index contributed by atoms with van der Waals surface area (Å²) in [5.74, 6) is -1.85. The second kappa shape index (κ2) is 5.90. The Labute approximate surface area is 136 Å². The van der Waals surface area contributed by atoms with Crippen molar-refractivity contribution >= 4 is 53.3 Å². The molecule has 0 heterocycles. The molecule has 0 unspecified atom stereocenters. The van der Waals surface area contributed by atoms with E-state index in [4.69, 9.17) is 5.73 Å². The van der Waals surface area contributed by atoms with Gasteiger partial charge in [-0.15, -0.1) is 0 Å². The van der Waals surface area contributed by atoms with Gasteiger partial charge >= 0.3 is 0 Å². The molecule has 0 saturated heterocycles. The second-order valence-corrected chi connectivity index (χ2v) is 7.42. The third-order valence-corrected chi connectivity index (χ3v) is 5.19. The summed E-state index contributed by atoms with van der Waals surface area (Å²) in [5.41, 5.74) is 5.57. The number of nitrogens with two attached hydrogens (primary N) is 1. The Bertz CT molecular complexity index is 790. The number of rotatable bonds is 3. The number of benzene rings is 2. The van der Waals surface area contributed by atoms with Crippen LogP contribution in [0.1, 0.15) is 0 Å². The topological polar surface area (TPSA) is 72.2 Å². The van der Waals surface area contributed by atoms with Gasteiger partial charge in [-0.1, -0.05) is 0 Å². The molecule has 0 radical (unpaired) electrons. The monoisotopic (exact) mass is 440 g/mol. The maximum atomic E-state index is 13.7. The standard InChI is InChI=1S/C12H8Br2F2N2O2S/c13-8-5-7(1-2-11(8)17)21(19,20)18-12-9(14)3-6(15)4-10(12)16/h1-5,18H,17H2. The van der Waals surface area contributed by atoms with Crippen LogP contribution in [0.25, 0.3) is 0 Å². The van der Waals surface area contributed by atoms with Gasteiger partial charge in [0, 0.05) is 20.7 Å². The van der Waals surface area contributed by atoms with E-state index in [1.807, 2.05) is 0 Å². The third-order valence-electron chi connectivity index (χ3n) is 2.53. The quantitative estimate of drug-likeness (QED) is 0.710. The minimum atomic E-state index is -4.04. The number of hydrogen-bond donors (Lipinski definition) is 2. The number of hydrogen-bond acceptors (Lipinski definition) is 3. The summed E-state index contributed by atoms with van der Waals surface area (Å²) in [4.78, 5) is -0.112. The number of nitrogen functional groups attached to an aromatic ring is 1. The van der Waals surface area contributed by atoms with Gasteiger partial charge in [-0.25, -0.2) is 17.2 Å². The van der Waals surface area contributed by atoms with E-state index in [9.17, 15) is 17.2 Å². The first kappa shape index (κ1) is 16.2. The molecule has 2 aromatic carbocycles. The zero-order valence-electron chi connectivity index (χ0n) is 10.2. The Hall–Kier alpha value is -1.19. The van der Waals surface area contributed by atoms with Gasteiger partial charge in [-0.05, 0) is 56.1 Å². The molecule has 21 heavy (non-hydrogen) atoms. The van der Waals surface area contributed by atoms with Crippen LogP contribution in [0, 0.1) is 11.6 Å². The summed E-state index contributed by atoms with van der Waals surface area (Å²) in [5, 5.41) is 0. The van der Waals surface area contributed by atoms with E-state index in [1.165, 1.54) is 18.2 Å². The first-order chi connectivity index (χ1) is 9.70. The molecule has 0 spiro atoms. The van der Waals surface area contributed by atoms with Crippen molar-refractivity contribution in [2.24, 2.45) is 0 Å². The lowest BCUT2D eigenvalue weighted by atomic mass is 10.3. The summed E-state index contributed by atoms with van der Waals surface area (Å²) in [6, 6.07) is 5.50. The number of sulfonamides is 1. The van der Waals surface area contributed by atoms with Crippen LogP contribution in [-0.4, -0.2) is 8.42 Å². The van der Waals surface area contributed by atoms with E-state index in [0.29, 0.717) is 16.2 Å². The van der Waals surface area contributed by atoms with Crippen molar-refractivity contribution in [1.82, 2.24) is 0 Å². The van der Waals surface area contributed by atoms with Crippen molar-refractivity contribution in [1.29, 1.82) is 0 Å². The van der Waals surface area contributed by atoms with Gasteiger partial charge in [0.15, 0.2) is 5.82 Å². The fraction of sp³-hybridized carbons (Fsp3) is 0. The number of halogens is 4. The van der Waals surface area contributed by atoms with Crippen LogP contribution in [0.2, 0.25) is 0 Å². The molecule has 2 aromatic rings. The van der Waals surface area contributed by atoms with Crippen LogP contribution in [0.15, 0.2) is 44.2 Å². The number of anilines is 2. The lowest BCUT2D eigenvalue weighted by Gasteiger charge is -2.11. The van der Waals surface area contributed by atoms with Gasteiger partial charge in [-0.3, -0.25) is 4.72 Å². The normalized spacial score (nSPS) is 11.4. The molecule has 0 aliphatic heterocycles. The summed E-state index contributed by atoms with van der Waals surface area (Å²) >= 11 is 6.03. The molecule has 0 aliphatic carbocycles. The third kappa shape index (κ3) is 3.53. The number of nitrogens with one attached hydrogen (secondary N) is 1. The highest BCUT2D eigenvalue weighted by atomic mass is 79.9. The van der Waals surface area contributed by atoms with E-state index < -0.39 is 21.7 Å². The van der Waals surface area contributed by atoms with Crippen molar-refractivity contribution < 1.29 is 17.2 Å². The van der Waals surface area contributed by atoms with Gasteiger partial charge in [0.2, 0.25) is 0 Å². The van der Waals surface area contributed by atoms with Crippen molar-refractivity contribution in [3.05, 3.63) is 50.9 Å². The SMILES string of the molecule is Nc1ccc(S(=O)(=O)Nc2c(F)cc(F)cc2Br)cc1Br. The van der Waals surface area contributed by atoms with Gasteiger partial charge in [0.05, 0.1) is 10.6 Å².